The molecule has 0 saturated heterocycles. The van der Waals surface area contributed by atoms with Crippen molar-refractivity contribution in [2.45, 2.75) is 6.92 Å². The minimum atomic E-state index is -1.33. The summed E-state index contributed by atoms with van der Waals surface area (Å²) in [7, 11) is 0. The van der Waals surface area contributed by atoms with Crippen LogP contribution in [0.1, 0.15) is 5.56 Å². The Labute approximate surface area is 235 Å². The third kappa shape index (κ3) is 86.6. The Morgan fingerprint density at radius 1 is 0.732 bits per heavy atom. The number of carboxylic acid groups (broad SMARTS) is 4. The van der Waals surface area contributed by atoms with Gasteiger partial charge in [0.15, 0.2) is 0 Å². The monoisotopic (exact) mass is 591 g/mol. The molecule has 1 aromatic carbocycles. The van der Waals surface area contributed by atoms with Crippen LogP contribution in [0.15, 0.2) is 68.3 Å². The smallest absolute Gasteiger partial charge is 0.402 e. The van der Waals surface area contributed by atoms with Crippen molar-refractivity contribution in [3.8, 4) is 0 Å². The molecule has 1 aromatic rings. The third-order valence-corrected chi connectivity index (χ3v) is 2.81. The van der Waals surface area contributed by atoms with E-state index in [0.29, 0.717) is 0 Å². The van der Waals surface area contributed by atoms with Crippen LogP contribution in [0.5, 0.6) is 0 Å². The molecule has 41 heavy (non-hydrogen) atoms. The molecular formula is C24H37N3O14. The minimum Gasteiger partial charge on any atom is -0.478 e. The lowest BCUT2D eigenvalue weighted by atomic mass is 9.93. The van der Waals surface area contributed by atoms with E-state index >= 15 is 0 Å². The maximum atomic E-state index is 9.25. The molecule has 0 unspecified atom stereocenters. The van der Waals surface area contributed by atoms with Crippen molar-refractivity contribution in [2.75, 3.05) is 26.4 Å². The SMILES string of the molecule is C=CC(=O)O.C=CC(=O)O.C=CC(=O)O.Cc1ccccc1.N=C=O.N=C=O.NC(=O)O.OCC(CO)(CO)CO. The van der Waals surface area contributed by atoms with Crippen molar-refractivity contribution in [3.05, 3.63) is 73.9 Å². The second-order valence-electron chi connectivity index (χ2n) is 5.96. The van der Waals surface area contributed by atoms with Gasteiger partial charge in [-0.25, -0.2) is 39.6 Å². The van der Waals surface area contributed by atoms with Gasteiger partial charge in [-0.1, -0.05) is 55.6 Å². The number of carbonyl (C=O) groups excluding carboxylic acids is 2. The number of aliphatic hydroxyl groups is 4. The lowest BCUT2D eigenvalue weighted by Gasteiger charge is -2.23. The number of aliphatic hydroxyl groups excluding tert-OH is 4. The van der Waals surface area contributed by atoms with E-state index < -0.39 is 55.8 Å². The first kappa shape index (κ1) is 52.2. The van der Waals surface area contributed by atoms with Gasteiger partial charge in [0.2, 0.25) is 12.2 Å². The van der Waals surface area contributed by atoms with Crippen LogP contribution in [0.2, 0.25) is 0 Å². The Balaban J connectivity index is -0.0000000663. The molecule has 0 atom stereocenters. The van der Waals surface area contributed by atoms with Crippen LogP contribution >= 0.6 is 0 Å². The number of hydrogen-bond donors (Lipinski definition) is 11. The summed E-state index contributed by atoms with van der Waals surface area (Å²) in [6, 6.07) is 10.3. The van der Waals surface area contributed by atoms with Gasteiger partial charge in [0, 0.05) is 18.2 Å². The average molecular weight is 592 g/mol. The number of nitrogens with two attached hydrogens (primary N) is 1. The first-order valence-corrected chi connectivity index (χ1v) is 10.1. The van der Waals surface area contributed by atoms with E-state index in [9.17, 15) is 14.4 Å². The van der Waals surface area contributed by atoms with Crippen molar-refractivity contribution in [1.82, 2.24) is 0 Å². The van der Waals surface area contributed by atoms with Crippen molar-refractivity contribution in [1.29, 1.82) is 10.8 Å². The number of rotatable bonds is 7. The van der Waals surface area contributed by atoms with Gasteiger partial charge in [-0.2, -0.15) is 0 Å². The summed E-state index contributed by atoms with van der Waals surface area (Å²) in [4.78, 5) is 53.2. The molecule has 12 N–H and O–H groups in total. The van der Waals surface area contributed by atoms with Gasteiger partial charge in [0.1, 0.15) is 0 Å². The zero-order valence-corrected chi connectivity index (χ0v) is 22.2. The molecule has 0 aliphatic rings. The standard InChI is InChI=1S/C7H8.C5H12O4.3C3H4O2.CH3NO2.2CHNO/c1-7-5-3-2-4-6-7;6-1-5(2-7,3-8)4-9;3*1-2-3(4)5;2-1(3)4;2*2-1-3/h2-6H,1H3;6-9H,1-4H2;3*2H,1H2,(H,4,5);2H2,(H,3,4);2*2H. The Morgan fingerprint density at radius 2 is 0.902 bits per heavy atom. The molecule has 17 nitrogen and oxygen atoms in total. The van der Waals surface area contributed by atoms with Gasteiger partial charge in [0.25, 0.3) is 0 Å². The zero-order chi connectivity index (χ0) is 34.3. The summed E-state index contributed by atoms with van der Waals surface area (Å²) in [5.41, 5.74) is 4.24. The molecule has 1 amide bonds. The van der Waals surface area contributed by atoms with Crippen LogP contribution in [0.3, 0.4) is 0 Å². The summed E-state index contributed by atoms with van der Waals surface area (Å²) in [5, 5.41) is 74.8. The largest absolute Gasteiger partial charge is 0.478 e. The second-order valence-corrected chi connectivity index (χ2v) is 5.96. The lowest BCUT2D eigenvalue weighted by molar-refractivity contribution is -0.132. The van der Waals surface area contributed by atoms with E-state index in [2.05, 4.69) is 44.5 Å². The highest BCUT2D eigenvalue weighted by Gasteiger charge is 2.26. The van der Waals surface area contributed by atoms with Gasteiger partial charge in [0.05, 0.1) is 31.8 Å². The molecule has 0 aliphatic heterocycles. The van der Waals surface area contributed by atoms with E-state index in [1.165, 1.54) is 5.56 Å². The van der Waals surface area contributed by atoms with E-state index in [0.717, 1.165) is 30.4 Å². The van der Waals surface area contributed by atoms with Gasteiger partial charge in [-0.15, -0.1) is 0 Å². The van der Waals surface area contributed by atoms with E-state index in [-0.39, 0.29) is 0 Å². The number of nitrogens with one attached hydrogen (secondary N) is 2. The van der Waals surface area contributed by atoms with Crippen LogP contribution in [0.4, 0.5) is 4.79 Å². The van der Waals surface area contributed by atoms with Crippen molar-refractivity contribution >= 4 is 36.2 Å². The summed E-state index contributed by atoms with van der Waals surface area (Å²) < 4.78 is 0. The van der Waals surface area contributed by atoms with Crippen LogP contribution in [0, 0.1) is 23.2 Å². The van der Waals surface area contributed by atoms with Crippen LogP contribution in [0.25, 0.3) is 0 Å². The molecule has 0 bridgehead atoms. The van der Waals surface area contributed by atoms with Crippen LogP contribution in [-0.2, 0) is 24.0 Å². The summed E-state index contributed by atoms with van der Waals surface area (Å²) in [5.74, 6) is -2.94. The maximum Gasteiger partial charge on any atom is 0.402 e. The summed E-state index contributed by atoms with van der Waals surface area (Å²) >= 11 is 0. The predicted octanol–water partition coefficient (Wildman–Crippen LogP) is 0.133. The number of carboxylic acids is 3. The number of benzene rings is 1. The van der Waals surface area contributed by atoms with Gasteiger partial charge < -0.3 is 46.6 Å². The van der Waals surface area contributed by atoms with Crippen molar-refractivity contribution in [3.63, 3.8) is 0 Å². The highest BCUT2D eigenvalue weighted by Crippen LogP contribution is 2.11. The number of primary amides is 1. The fraction of sp³-hybridized carbons (Fsp3) is 0.250. The molecular weight excluding hydrogens is 554 g/mol. The van der Waals surface area contributed by atoms with Crippen LogP contribution < -0.4 is 5.73 Å². The summed E-state index contributed by atoms with van der Waals surface area (Å²) in [6.07, 6.45) is 2.67. The predicted molar refractivity (Wildman–Crippen MR) is 144 cm³/mol. The first-order chi connectivity index (χ1) is 19.0. The Morgan fingerprint density at radius 3 is 0.951 bits per heavy atom. The Hall–Kier alpha value is -5.28. The molecule has 0 saturated carbocycles. The Kier molecular flexibility index (Phi) is 56.9. The van der Waals surface area contributed by atoms with Gasteiger partial charge in [-0.05, 0) is 6.92 Å². The van der Waals surface area contributed by atoms with E-state index in [4.69, 9.17) is 66.1 Å². The molecule has 0 radical (unpaired) electrons. The average Bonchev–Trinajstić information content (AvgIpc) is 2.92. The fourth-order valence-corrected chi connectivity index (χ4v) is 0.834. The molecule has 0 fully saturated rings. The number of aliphatic carboxylic acids is 3. The molecule has 0 heterocycles. The van der Waals surface area contributed by atoms with Crippen molar-refractivity contribution in [2.24, 2.45) is 11.1 Å². The number of hydrogen-bond acceptors (Lipinski definition) is 12. The molecule has 232 valence electrons. The maximum absolute atomic E-state index is 9.25. The zero-order valence-electron chi connectivity index (χ0n) is 22.2. The van der Waals surface area contributed by atoms with E-state index in [1.807, 2.05) is 18.2 Å². The highest BCUT2D eigenvalue weighted by atomic mass is 16.4. The Bertz CT molecular complexity index is 814. The molecule has 0 aliphatic carbocycles. The summed E-state index contributed by atoms with van der Waals surface area (Å²) in [6.45, 7) is 9.34. The van der Waals surface area contributed by atoms with Crippen molar-refractivity contribution < 1.29 is 69.6 Å². The van der Waals surface area contributed by atoms with Gasteiger partial charge >= 0.3 is 24.0 Å². The minimum absolute atomic E-state index is 0.406. The van der Waals surface area contributed by atoms with Crippen LogP contribution in [-0.4, -0.2) is 103 Å². The number of isocyanates is 2. The topological polar surface area (TPSA) is 338 Å². The van der Waals surface area contributed by atoms with Gasteiger partial charge in [-0.3, -0.25) is 0 Å². The van der Waals surface area contributed by atoms with E-state index in [1.54, 1.807) is 0 Å². The quantitative estimate of drug-likeness (QED) is 0.114. The number of amides is 1. The molecule has 0 aromatic heterocycles. The second kappa shape index (κ2) is 44.7. The lowest BCUT2D eigenvalue weighted by Crippen LogP contribution is -2.37. The third-order valence-electron chi connectivity index (χ3n) is 2.81. The molecule has 17 heteroatoms. The normalized spacial score (nSPS) is 7.44. The molecule has 0 spiro atoms. The number of carbonyl (C=O) groups is 4. The fourth-order valence-electron chi connectivity index (χ4n) is 0.834. The molecule has 1 rings (SSSR count). The number of aryl methyl sites for hydroxylation is 1. The first-order valence-electron chi connectivity index (χ1n) is 10.1. The highest BCUT2D eigenvalue weighted by molar-refractivity contribution is 5.79.